The van der Waals surface area contributed by atoms with Crippen LogP contribution >= 0.6 is 0 Å². The highest BCUT2D eigenvalue weighted by Gasteiger charge is 2.42. The summed E-state index contributed by atoms with van der Waals surface area (Å²) >= 11 is 0. The maximum Gasteiger partial charge on any atom is 0.142 e. The molecule has 0 aromatic carbocycles. The van der Waals surface area contributed by atoms with Crippen LogP contribution in [0.15, 0.2) is 10.3 Å². The number of oxime groups is 2. The van der Waals surface area contributed by atoms with Crippen LogP contribution in [0.2, 0.25) is 0 Å². The summed E-state index contributed by atoms with van der Waals surface area (Å²) in [5, 5.41) is 24.1. The average molecular weight is 254 g/mol. The van der Waals surface area contributed by atoms with Gasteiger partial charge in [0.1, 0.15) is 11.7 Å². The third-order valence-electron chi connectivity index (χ3n) is 4.68. The number of hydrogen-bond acceptors (Lipinski definition) is 4. The Kier molecular flexibility index (Phi) is 3.93. The zero-order chi connectivity index (χ0) is 13.1. The molecule has 0 spiro atoms. The molecule has 6 N–H and O–H groups in total. The summed E-state index contributed by atoms with van der Waals surface area (Å²) in [6.45, 7) is 0. The van der Waals surface area contributed by atoms with Gasteiger partial charge in [-0.1, -0.05) is 23.2 Å². The lowest BCUT2D eigenvalue weighted by molar-refractivity contribution is 0.106. The van der Waals surface area contributed by atoms with Crippen molar-refractivity contribution in [3.63, 3.8) is 0 Å². The van der Waals surface area contributed by atoms with Crippen LogP contribution in [0.25, 0.3) is 0 Å². The minimum absolute atomic E-state index is 0.142. The van der Waals surface area contributed by atoms with E-state index >= 15 is 0 Å². The molecule has 2 fully saturated rings. The average Bonchev–Trinajstić information content (AvgIpc) is 2.44. The maximum atomic E-state index is 8.87. The van der Waals surface area contributed by atoms with E-state index in [1.54, 1.807) is 0 Å². The quantitative estimate of drug-likeness (QED) is 0.257. The summed E-state index contributed by atoms with van der Waals surface area (Å²) in [5.41, 5.74) is 11.6. The maximum absolute atomic E-state index is 8.87. The van der Waals surface area contributed by atoms with Crippen molar-refractivity contribution in [2.75, 3.05) is 0 Å². The van der Waals surface area contributed by atoms with Crippen molar-refractivity contribution in [3.8, 4) is 0 Å². The van der Waals surface area contributed by atoms with Crippen molar-refractivity contribution in [1.82, 2.24) is 0 Å². The highest BCUT2D eigenvalue weighted by molar-refractivity contribution is 5.84. The molecular weight excluding hydrogens is 232 g/mol. The molecule has 2 aliphatic rings. The van der Waals surface area contributed by atoms with Crippen LogP contribution in [0.3, 0.4) is 0 Å². The fourth-order valence-electron chi connectivity index (χ4n) is 3.89. The lowest BCUT2D eigenvalue weighted by atomic mass is 9.61. The highest BCUT2D eigenvalue weighted by Crippen LogP contribution is 2.46. The first-order valence-electron chi connectivity index (χ1n) is 6.63. The van der Waals surface area contributed by atoms with Gasteiger partial charge in [-0.25, -0.2) is 0 Å². The van der Waals surface area contributed by atoms with Crippen LogP contribution < -0.4 is 11.5 Å². The zero-order valence-electron chi connectivity index (χ0n) is 10.5. The van der Waals surface area contributed by atoms with Gasteiger partial charge in [0.15, 0.2) is 0 Å². The summed E-state index contributed by atoms with van der Waals surface area (Å²) in [7, 11) is 0. The number of nitrogens with zero attached hydrogens (tertiary/aromatic N) is 2. The Morgan fingerprint density at radius 1 is 0.778 bits per heavy atom. The van der Waals surface area contributed by atoms with Crippen LogP contribution in [0.1, 0.15) is 38.5 Å². The van der Waals surface area contributed by atoms with Gasteiger partial charge in [-0.05, 0) is 37.5 Å². The summed E-state index contributed by atoms with van der Waals surface area (Å²) in [5.74, 6) is 1.75. The molecule has 0 aliphatic heterocycles. The molecule has 2 unspecified atom stereocenters. The van der Waals surface area contributed by atoms with E-state index < -0.39 is 0 Å². The molecule has 2 saturated carbocycles. The SMILES string of the molecule is N/C(=N\O)[C@H]1CCCC2C1CCC[C@@H]2/C(N)=N/O. The molecule has 0 bridgehead atoms. The van der Waals surface area contributed by atoms with Crippen molar-refractivity contribution in [2.45, 2.75) is 38.5 Å². The van der Waals surface area contributed by atoms with E-state index in [0.717, 1.165) is 38.5 Å². The van der Waals surface area contributed by atoms with E-state index in [2.05, 4.69) is 10.3 Å². The summed E-state index contributed by atoms with van der Waals surface area (Å²) in [4.78, 5) is 0. The van der Waals surface area contributed by atoms with Crippen LogP contribution in [0, 0.1) is 23.7 Å². The number of hydrogen-bond donors (Lipinski definition) is 4. The Morgan fingerprint density at radius 2 is 1.17 bits per heavy atom. The van der Waals surface area contributed by atoms with Gasteiger partial charge in [0.2, 0.25) is 0 Å². The van der Waals surface area contributed by atoms with E-state index in [-0.39, 0.29) is 11.8 Å². The second kappa shape index (κ2) is 5.46. The van der Waals surface area contributed by atoms with Crippen molar-refractivity contribution in [3.05, 3.63) is 0 Å². The van der Waals surface area contributed by atoms with Gasteiger partial charge in [0.25, 0.3) is 0 Å². The molecule has 0 amide bonds. The summed E-state index contributed by atoms with van der Waals surface area (Å²) in [6, 6.07) is 0. The van der Waals surface area contributed by atoms with E-state index in [1.807, 2.05) is 0 Å². The molecule has 2 rings (SSSR count). The van der Waals surface area contributed by atoms with Gasteiger partial charge < -0.3 is 21.9 Å². The van der Waals surface area contributed by atoms with Crippen molar-refractivity contribution in [2.24, 2.45) is 45.5 Å². The van der Waals surface area contributed by atoms with Crippen molar-refractivity contribution < 1.29 is 10.4 Å². The van der Waals surface area contributed by atoms with Gasteiger partial charge >= 0.3 is 0 Å². The lowest BCUT2D eigenvalue weighted by Gasteiger charge is -2.44. The molecular formula is C12H22N4O2. The topological polar surface area (TPSA) is 117 Å². The van der Waals surface area contributed by atoms with Gasteiger partial charge in [-0.15, -0.1) is 0 Å². The minimum atomic E-state index is 0.142. The second-order valence-corrected chi connectivity index (χ2v) is 5.45. The molecule has 0 heterocycles. The molecule has 0 aromatic heterocycles. The monoisotopic (exact) mass is 254 g/mol. The first-order chi connectivity index (χ1) is 8.69. The highest BCUT2D eigenvalue weighted by atomic mass is 16.4. The molecule has 0 saturated heterocycles. The smallest absolute Gasteiger partial charge is 0.142 e. The number of fused-ring (bicyclic) bond motifs is 1. The molecule has 18 heavy (non-hydrogen) atoms. The van der Waals surface area contributed by atoms with E-state index in [9.17, 15) is 0 Å². The Labute approximate surface area is 107 Å². The van der Waals surface area contributed by atoms with Crippen LogP contribution in [-0.4, -0.2) is 22.1 Å². The molecule has 4 atom stereocenters. The van der Waals surface area contributed by atoms with Crippen molar-refractivity contribution in [1.29, 1.82) is 0 Å². The second-order valence-electron chi connectivity index (χ2n) is 5.45. The Balaban J connectivity index is 2.19. The third-order valence-corrected chi connectivity index (χ3v) is 4.68. The summed E-state index contributed by atoms with van der Waals surface area (Å²) in [6.07, 6.45) is 6.22. The lowest BCUT2D eigenvalue weighted by Crippen LogP contribution is -2.45. The van der Waals surface area contributed by atoms with Gasteiger partial charge in [0, 0.05) is 11.8 Å². The Hall–Kier alpha value is -1.46. The minimum Gasteiger partial charge on any atom is -0.409 e. The Bertz CT molecular complexity index is 322. The first kappa shape index (κ1) is 13.0. The number of rotatable bonds is 2. The first-order valence-corrected chi connectivity index (χ1v) is 6.63. The largest absolute Gasteiger partial charge is 0.409 e. The van der Waals surface area contributed by atoms with E-state index in [1.165, 1.54) is 0 Å². The standard InChI is InChI=1S/C12H22N4O2/c13-11(15-17)9-5-1-3-7-8(9)4-2-6-10(7)12(14)16-18/h7-10,17-18H,1-6H2,(H2,13,15)(H2,14,16)/t7?,8?,9-,10-/m0/s1. The van der Waals surface area contributed by atoms with Gasteiger partial charge in [-0.3, -0.25) is 0 Å². The van der Waals surface area contributed by atoms with Crippen molar-refractivity contribution >= 4 is 11.7 Å². The van der Waals surface area contributed by atoms with Crippen LogP contribution in [0.5, 0.6) is 0 Å². The number of nitrogens with two attached hydrogens (primary N) is 2. The Morgan fingerprint density at radius 3 is 1.50 bits per heavy atom. The fourth-order valence-corrected chi connectivity index (χ4v) is 3.89. The third kappa shape index (κ3) is 2.23. The molecule has 6 heteroatoms. The molecule has 102 valence electrons. The van der Waals surface area contributed by atoms with Crippen LogP contribution in [0.4, 0.5) is 0 Å². The van der Waals surface area contributed by atoms with Gasteiger partial charge in [-0.2, -0.15) is 0 Å². The predicted molar refractivity (Wildman–Crippen MR) is 68.5 cm³/mol. The zero-order valence-corrected chi connectivity index (χ0v) is 10.5. The normalized spacial score (nSPS) is 38.2. The number of amidine groups is 2. The molecule has 0 aromatic rings. The molecule has 0 radical (unpaired) electrons. The predicted octanol–water partition coefficient (Wildman–Crippen LogP) is 1.31. The molecule has 2 aliphatic carbocycles. The fraction of sp³-hybridized carbons (Fsp3) is 0.833. The van der Waals surface area contributed by atoms with Crippen LogP contribution in [-0.2, 0) is 0 Å². The van der Waals surface area contributed by atoms with E-state index in [0.29, 0.717) is 23.5 Å². The molecule has 6 nitrogen and oxygen atoms in total. The van der Waals surface area contributed by atoms with Gasteiger partial charge in [0.05, 0.1) is 0 Å². The summed E-state index contributed by atoms with van der Waals surface area (Å²) < 4.78 is 0. The van der Waals surface area contributed by atoms with E-state index in [4.69, 9.17) is 21.9 Å².